The first-order valence-corrected chi connectivity index (χ1v) is 10.5. The number of carboxylic acid groups (broad SMARTS) is 1. The van der Waals surface area contributed by atoms with Crippen molar-refractivity contribution in [2.45, 2.75) is 56.6 Å². The molecule has 2 rings (SSSR count). The summed E-state index contributed by atoms with van der Waals surface area (Å²) >= 11 is 0. The zero-order valence-electron chi connectivity index (χ0n) is 17.5. The molecule has 4 N–H and O–H groups in total. The van der Waals surface area contributed by atoms with Gasteiger partial charge in [-0.05, 0) is 43.4 Å². The lowest BCUT2D eigenvalue weighted by molar-refractivity contribution is -0.138. The molecule has 32 heavy (non-hydrogen) atoms. The van der Waals surface area contributed by atoms with Crippen LogP contribution in [0, 0.1) is 11.8 Å². The van der Waals surface area contributed by atoms with Crippen LogP contribution in [0.15, 0.2) is 48.6 Å². The maximum absolute atomic E-state index is 12.8. The Labute approximate surface area is 184 Å². The monoisotopic (exact) mass is 458 g/mol. The Morgan fingerprint density at radius 1 is 1.22 bits per heavy atom. The van der Waals surface area contributed by atoms with E-state index < -0.39 is 41.9 Å². The van der Waals surface area contributed by atoms with Gasteiger partial charge in [0.05, 0.1) is 17.8 Å². The van der Waals surface area contributed by atoms with Crippen molar-refractivity contribution in [2.24, 2.45) is 11.8 Å². The number of alkyl halides is 3. The van der Waals surface area contributed by atoms with Crippen LogP contribution in [0.1, 0.15) is 37.7 Å². The van der Waals surface area contributed by atoms with Gasteiger partial charge in [0.25, 0.3) is 0 Å². The Morgan fingerprint density at radius 2 is 1.97 bits per heavy atom. The van der Waals surface area contributed by atoms with Gasteiger partial charge in [0, 0.05) is 18.8 Å². The predicted octanol–water partition coefficient (Wildman–Crippen LogP) is 3.56. The SMILES string of the molecule is O=C(O)CCCC=CC[C@@H]1[C@@H](C=C[C@H](O)COc2cccc(C(F)(F)F)c2)[C@H](O)C[C@@H]1O. The number of carbonyl (C=O) groups is 1. The van der Waals surface area contributed by atoms with Crippen LogP contribution in [0.3, 0.4) is 0 Å². The molecule has 0 aliphatic heterocycles. The highest BCUT2D eigenvalue weighted by Gasteiger charge is 2.39. The average molecular weight is 458 g/mol. The van der Waals surface area contributed by atoms with E-state index in [4.69, 9.17) is 9.84 Å². The average Bonchev–Trinajstić information content (AvgIpc) is 2.99. The van der Waals surface area contributed by atoms with Gasteiger partial charge in [-0.15, -0.1) is 0 Å². The molecule has 9 heteroatoms. The molecule has 6 nitrogen and oxygen atoms in total. The third-order valence-corrected chi connectivity index (χ3v) is 5.39. The Kier molecular flexibility index (Phi) is 9.74. The van der Waals surface area contributed by atoms with Crippen molar-refractivity contribution in [1.82, 2.24) is 0 Å². The summed E-state index contributed by atoms with van der Waals surface area (Å²) < 4.78 is 43.5. The Balaban J connectivity index is 1.87. The molecular weight excluding hydrogens is 429 g/mol. The molecule has 0 spiro atoms. The minimum atomic E-state index is -4.49. The van der Waals surface area contributed by atoms with E-state index in [1.807, 2.05) is 12.2 Å². The minimum Gasteiger partial charge on any atom is -0.491 e. The number of aliphatic hydroxyl groups is 3. The summed E-state index contributed by atoms with van der Waals surface area (Å²) in [5.41, 5.74) is -0.845. The molecule has 1 aliphatic rings. The van der Waals surface area contributed by atoms with E-state index in [1.54, 1.807) is 6.08 Å². The van der Waals surface area contributed by atoms with E-state index >= 15 is 0 Å². The first-order valence-electron chi connectivity index (χ1n) is 10.5. The molecule has 0 radical (unpaired) electrons. The molecule has 1 aromatic rings. The third kappa shape index (κ3) is 8.29. The number of unbranched alkanes of at least 4 members (excludes halogenated alkanes) is 1. The molecule has 0 saturated heterocycles. The predicted molar refractivity (Wildman–Crippen MR) is 111 cm³/mol. The van der Waals surface area contributed by atoms with E-state index in [-0.39, 0.29) is 31.1 Å². The van der Waals surface area contributed by atoms with Crippen LogP contribution in [0.25, 0.3) is 0 Å². The summed E-state index contributed by atoms with van der Waals surface area (Å²) in [4.78, 5) is 10.5. The Bertz CT molecular complexity index is 792. The number of allylic oxidation sites excluding steroid dienone is 2. The smallest absolute Gasteiger partial charge is 0.416 e. The van der Waals surface area contributed by atoms with Crippen LogP contribution < -0.4 is 4.74 Å². The van der Waals surface area contributed by atoms with Crippen LogP contribution in [-0.4, -0.2) is 51.3 Å². The molecule has 0 unspecified atom stereocenters. The van der Waals surface area contributed by atoms with Gasteiger partial charge in [0.2, 0.25) is 0 Å². The zero-order chi connectivity index (χ0) is 23.7. The first-order chi connectivity index (χ1) is 15.1. The van der Waals surface area contributed by atoms with Gasteiger partial charge in [-0.3, -0.25) is 4.79 Å². The molecule has 0 heterocycles. The van der Waals surface area contributed by atoms with Gasteiger partial charge in [-0.25, -0.2) is 0 Å². The maximum Gasteiger partial charge on any atom is 0.416 e. The first kappa shape index (κ1) is 25.9. The summed E-state index contributed by atoms with van der Waals surface area (Å²) in [7, 11) is 0. The minimum absolute atomic E-state index is 0.0190. The van der Waals surface area contributed by atoms with Crippen LogP contribution in [-0.2, 0) is 11.0 Å². The fourth-order valence-electron chi connectivity index (χ4n) is 3.70. The van der Waals surface area contributed by atoms with Gasteiger partial charge < -0.3 is 25.2 Å². The highest BCUT2D eigenvalue weighted by molar-refractivity contribution is 5.66. The number of aliphatic hydroxyl groups excluding tert-OH is 3. The van der Waals surface area contributed by atoms with Crippen LogP contribution in [0.2, 0.25) is 0 Å². The summed E-state index contributed by atoms with van der Waals surface area (Å²) in [6.07, 6.45) is 1.48. The van der Waals surface area contributed by atoms with Crippen molar-refractivity contribution in [3.63, 3.8) is 0 Å². The molecule has 0 aromatic heterocycles. The van der Waals surface area contributed by atoms with Gasteiger partial charge in [0.1, 0.15) is 18.5 Å². The fraction of sp³-hybridized carbons (Fsp3) is 0.522. The summed E-state index contributed by atoms with van der Waals surface area (Å²) in [6.45, 7) is -0.267. The molecule has 178 valence electrons. The largest absolute Gasteiger partial charge is 0.491 e. The molecule has 1 saturated carbocycles. The van der Waals surface area contributed by atoms with E-state index in [9.17, 15) is 33.3 Å². The highest BCUT2D eigenvalue weighted by atomic mass is 19.4. The number of hydrogen-bond acceptors (Lipinski definition) is 5. The number of benzene rings is 1. The molecule has 1 aliphatic carbocycles. The third-order valence-electron chi connectivity index (χ3n) is 5.39. The quantitative estimate of drug-likeness (QED) is 0.298. The van der Waals surface area contributed by atoms with Crippen molar-refractivity contribution in [2.75, 3.05) is 6.61 Å². The summed E-state index contributed by atoms with van der Waals surface area (Å²) in [6, 6.07) is 4.36. The van der Waals surface area contributed by atoms with Gasteiger partial charge in [-0.1, -0.05) is 30.4 Å². The summed E-state index contributed by atoms with van der Waals surface area (Å²) in [5.74, 6) is -1.55. The van der Waals surface area contributed by atoms with E-state index in [2.05, 4.69) is 0 Å². The fourth-order valence-corrected chi connectivity index (χ4v) is 3.70. The Hall–Kier alpha value is -2.36. The van der Waals surface area contributed by atoms with Gasteiger partial charge in [0.15, 0.2) is 0 Å². The summed E-state index contributed by atoms with van der Waals surface area (Å²) in [5, 5.41) is 39.2. The van der Waals surface area contributed by atoms with E-state index in [1.165, 1.54) is 18.2 Å². The van der Waals surface area contributed by atoms with Crippen LogP contribution >= 0.6 is 0 Å². The lowest BCUT2D eigenvalue weighted by Crippen LogP contribution is -2.21. The molecule has 0 amide bonds. The zero-order valence-corrected chi connectivity index (χ0v) is 17.5. The molecule has 1 aromatic carbocycles. The maximum atomic E-state index is 12.8. The highest BCUT2D eigenvalue weighted by Crippen LogP contribution is 2.36. The number of halogens is 3. The van der Waals surface area contributed by atoms with E-state index in [0.29, 0.717) is 19.3 Å². The lowest BCUT2D eigenvalue weighted by atomic mass is 9.89. The van der Waals surface area contributed by atoms with Crippen molar-refractivity contribution in [3.8, 4) is 5.75 Å². The van der Waals surface area contributed by atoms with Crippen LogP contribution in [0.5, 0.6) is 5.75 Å². The normalized spacial score (nSPS) is 24.9. The van der Waals surface area contributed by atoms with Crippen molar-refractivity contribution in [3.05, 3.63) is 54.1 Å². The number of aliphatic carboxylic acids is 1. The number of ether oxygens (including phenoxy) is 1. The Morgan fingerprint density at radius 3 is 2.66 bits per heavy atom. The topological polar surface area (TPSA) is 107 Å². The van der Waals surface area contributed by atoms with Crippen molar-refractivity contribution >= 4 is 5.97 Å². The van der Waals surface area contributed by atoms with Gasteiger partial charge >= 0.3 is 12.1 Å². The van der Waals surface area contributed by atoms with Gasteiger partial charge in [-0.2, -0.15) is 13.2 Å². The number of rotatable bonds is 11. The lowest BCUT2D eigenvalue weighted by Gasteiger charge is -2.19. The van der Waals surface area contributed by atoms with E-state index in [0.717, 1.165) is 12.1 Å². The molecule has 0 bridgehead atoms. The number of carboxylic acids is 1. The standard InChI is InChI=1S/C23H29F3O6/c24-23(25,26)15-6-5-7-17(12-15)32-14-16(27)10-11-19-18(20(28)13-21(19)29)8-3-1-2-4-9-22(30)31/h1,3,5-7,10-12,16,18-21,27-29H,2,4,8-9,13-14H2,(H,30,31)/t16-,18+,19+,20-,21+/m0/s1. The molecular formula is C23H29F3O6. The van der Waals surface area contributed by atoms with Crippen molar-refractivity contribution < 1.29 is 43.1 Å². The van der Waals surface area contributed by atoms with Crippen molar-refractivity contribution in [1.29, 1.82) is 0 Å². The molecule has 1 fully saturated rings. The van der Waals surface area contributed by atoms with Crippen LogP contribution in [0.4, 0.5) is 13.2 Å². The second-order valence-electron chi connectivity index (χ2n) is 7.89. The second kappa shape index (κ2) is 12.0. The number of hydrogen-bond donors (Lipinski definition) is 4. The molecule has 5 atom stereocenters. The second-order valence-corrected chi connectivity index (χ2v) is 7.89.